The van der Waals surface area contributed by atoms with Gasteiger partial charge >= 0.3 is 0 Å². The highest BCUT2D eigenvalue weighted by atomic mass is 16.3. The minimum atomic E-state index is 0.576. The topological polar surface area (TPSA) is 75.6 Å². The third-order valence-electron chi connectivity index (χ3n) is 13.2. The van der Waals surface area contributed by atoms with Crippen LogP contribution in [-0.4, -0.2) is 15.0 Å². The van der Waals surface area contributed by atoms with Gasteiger partial charge in [0.2, 0.25) is 0 Å². The second-order valence-electron chi connectivity index (χ2n) is 17.0. The molecule has 0 aliphatic rings. The van der Waals surface area contributed by atoms with E-state index in [1.807, 2.05) is 78.9 Å². The van der Waals surface area contributed by atoms with Crippen molar-refractivity contribution in [2.75, 3.05) is 0 Å². The smallest absolute Gasteiger partial charge is 0.164 e. The van der Waals surface area contributed by atoms with E-state index in [-0.39, 0.29) is 0 Å². The highest BCUT2D eigenvalue weighted by molar-refractivity contribution is 6.24. The molecule has 67 heavy (non-hydrogen) atoms. The maximum absolute atomic E-state index is 9.78. The van der Waals surface area contributed by atoms with Crippen molar-refractivity contribution in [2.45, 2.75) is 0 Å². The summed E-state index contributed by atoms with van der Waals surface area (Å²) in [6, 6.07) is 78.5. The van der Waals surface area contributed by atoms with Gasteiger partial charge in [-0.15, -0.1) is 0 Å². The maximum Gasteiger partial charge on any atom is 0.164 e. The monoisotopic (exact) mass is 852 g/mol. The number of furan rings is 1. The average Bonchev–Trinajstić information content (AvgIpc) is 3.78. The molecule has 0 unspecified atom stereocenters. The molecule has 0 saturated heterocycles. The molecule has 0 aliphatic heterocycles. The summed E-state index contributed by atoms with van der Waals surface area (Å²) < 4.78 is 6.29. The number of fused-ring (bicyclic) bond motifs is 9. The standard InChI is InChI=1S/C62H36N4O/c63-37-44-30-31-46(47-18-5-4-17-45(44)47)38-25-27-39(28-26-38)54-35-56-51-22-9-7-20-49(51)55(36-57(56)50-21-8-6-19-48(50)54)41-15-12-16-42(33-41)61-64-60(40-13-2-1-3-14-40)65-62(66-61)43-29-32-53-52-23-10-11-24-58(52)67-59(53)34-43/h1-36H. The van der Waals surface area contributed by atoms with Crippen molar-refractivity contribution in [2.24, 2.45) is 0 Å². The van der Waals surface area contributed by atoms with Gasteiger partial charge in [-0.2, -0.15) is 5.26 Å². The first-order valence-electron chi connectivity index (χ1n) is 22.4. The van der Waals surface area contributed by atoms with Gasteiger partial charge in [0.1, 0.15) is 11.2 Å². The molecule has 0 bridgehead atoms. The predicted molar refractivity (Wildman–Crippen MR) is 274 cm³/mol. The van der Waals surface area contributed by atoms with Crippen LogP contribution in [-0.2, 0) is 0 Å². The van der Waals surface area contributed by atoms with Crippen molar-refractivity contribution in [1.82, 2.24) is 15.0 Å². The van der Waals surface area contributed by atoms with Gasteiger partial charge in [0, 0.05) is 32.8 Å². The van der Waals surface area contributed by atoms with Crippen molar-refractivity contribution in [3.8, 4) is 73.6 Å². The molecule has 2 aromatic heterocycles. The van der Waals surface area contributed by atoms with Gasteiger partial charge in [-0.25, -0.2) is 15.0 Å². The Morgan fingerprint density at radius 1 is 0.284 bits per heavy atom. The zero-order chi connectivity index (χ0) is 44.4. The van der Waals surface area contributed by atoms with Gasteiger partial charge in [-0.3, -0.25) is 0 Å². The normalized spacial score (nSPS) is 11.6. The fourth-order valence-corrected chi connectivity index (χ4v) is 9.95. The molecule has 11 aromatic carbocycles. The Hall–Kier alpha value is -9.24. The molecular weight excluding hydrogens is 817 g/mol. The number of benzene rings is 11. The molecule has 5 heteroatoms. The number of para-hydroxylation sites is 1. The Morgan fingerprint density at radius 2 is 0.746 bits per heavy atom. The van der Waals surface area contributed by atoms with Crippen LogP contribution in [0.1, 0.15) is 5.56 Å². The van der Waals surface area contributed by atoms with Crippen LogP contribution in [0.2, 0.25) is 0 Å². The zero-order valence-corrected chi connectivity index (χ0v) is 36.0. The van der Waals surface area contributed by atoms with Crippen molar-refractivity contribution in [1.29, 1.82) is 5.26 Å². The first kappa shape index (κ1) is 38.2. The van der Waals surface area contributed by atoms with E-state index in [9.17, 15) is 5.26 Å². The number of aromatic nitrogens is 3. The lowest BCUT2D eigenvalue weighted by molar-refractivity contribution is 0.669. The number of hydrogen-bond donors (Lipinski definition) is 0. The van der Waals surface area contributed by atoms with E-state index >= 15 is 0 Å². The summed E-state index contributed by atoms with van der Waals surface area (Å²) in [5.74, 6) is 1.77. The summed E-state index contributed by atoms with van der Waals surface area (Å²) >= 11 is 0. The summed E-state index contributed by atoms with van der Waals surface area (Å²) in [5.41, 5.74) is 11.7. The summed E-state index contributed by atoms with van der Waals surface area (Å²) in [5, 5.41) is 21.1. The fourth-order valence-electron chi connectivity index (χ4n) is 9.95. The number of nitrogens with zero attached hydrogens (tertiary/aromatic N) is 4. The van der Waals surface area contributed by atoms with Gasteiger partial charge in [0.15, 0.2) is 17.5 Å². The molecule has 13 aromatic rings. The molecule has 2 heterocycles. The molecule has 0 atom stereocenters. The first-order valence-corrected chi connectivity index (χ1v) is 22.4. The molecule has 0 fully saturated rings. The van der Waals surface area contributed by atoms with E-state index in [1.54, 1.807) is 0 Å². The number of nitriles is 1. The number of rotatable bonds is 6. The lowest BCUT2D eigenvalue weighted by atomic mass is 9.87. The Morgan fingerprint density at radius 3 is 1.40 bits per heavy atom. The molecule has 0 spiro atoms. The van der Waals surface area contributed by atoms with Crippen LogP contribution in [0, 0.1) is 11.3 Å². The predicted octanol–water partition coefficient (Wildman–Crippen LogP) is 16.3. The summed E-state index contributed by atoms with van der Waals surface area (Å²) in [7, 11) is 0. The van der Waals surface area contributed by atoms with Crippen LogP contribution in [0.5, 0.6) is 0 Å². The van der Waals surface area contributed by atoms with E-state index in [0.717, 1.165) is 82.6 Å². The highest BCUT2D eigenvalue weighted by Gasteiger charge is 2.18. The molecular formula is C62H36N4O. The Labute approximate surface area is 385 Å². The molecule has 13 rings (SSSR count). The van der Waals surface area contributed by atoms with Crippen molar-refractivity contribution >= 4 is 65.0 Å². The van der Waals surface area contributed by atoms with Crippen LogP contribution in [0.25, 0.3) is 133 Å². The highest BCUT2D eigenvalue weighted by Crippen LogP contribution is 2.43. The Balaban J connectivity index is 0.939. The van der Waals surface area contributed by atoms with E-state index in [2.05, 4.69) is 146 Å². The van der Waals surface area contributed by atoms with Gasteiger partial charge in [-0.05, 0) is 114 Å². The molecule has 310 valence electrons. The Bertz CT molecular complexity index is 4170. The quantitative estimate of drug-likeness (QED) is 0.156. The third-order valence-corrected chi connectivity index (χ3v) is 13.2. The first-order chi connectivity index (χ1) is 33.1. The van der Waals surface area contributed by atoms with Crippen LogP contribution in [0.15, 0.2) is 223 Å². The van der Waals surface area contributed by atoms with Gasteiger partial charge < -0.3 is 4.42 Å². The number of hydrogen-bond acceptors (Lipinski definition) is 5. The molecule has 0 amide bonds. The van der Waals surface area contributed by atoms with Crippen LogP contribution >= 0.6 is 0 Å². The third kappa shape index (κ3) is 6.43. The Kier molecular flexibility index (Phi) is 8.84. The summed E-state index contributed by atoms with van der Waals surface area (Å²) in [6.07, 6.45) is 0. The van der Waals surface area contributed by atoms with Crippen LogP contribution < -0.4 is 0 Å². The summed E-state index contributed by atoms with van der Waals surface area (Å²) in [4.78, 5) is 15.3. The minimum absolute atomic E-state index is 0.576. The SMILES string of the molecule is N#Cc1ccc(-c2ccc(-c3cc4c5ccccc5c(-c5cccc(-c6nc(-c7ccccc7)nc(-c7ccc8c(c7)oc7ccccc78)n6)c5)cc4c4ccccc34)cc2)c2ccccc12. The lowest BCUT2D eigenvalue weighted by Gasteiger charge is -2.17. The van der Waals surface area contributed by atoms with Crippen LogP contribution in [0.4, 0.5) is 0 Å². The fraction of sp³-hybridized carbons (Fsp3) is 0. The average molecular weight is 853 g/mol. The molecule has 0 N–H and O–H groups in total. The van der Waals surface area contributed by atoms with Gasteiger partial charge in [0.25, 0.3) is 0 Å². The van der Waals surface area contributed by atoms with E-state index in [1.165, 1.54) is 32.5 Å². The van der Waals surface area contributed by atoms with E-state index < -0.39 is 0 Å². The minimum Gasteiger partial charge on any atom is -0.456 e. The maximum atomic E-state index is 9.78. The molecule has 0 saturated carbocycles. The van der Waals surface area contributed by atoms with E-state index in [0.29, 0.717) is 23.0 Å². The van der Waals surface area contributed by atoms with Gasteiger partial charge in [0.05, 0.1) is 11.6 Å². The van der Waals surface area contributed by atoms with Crippen molar-refractivity contribution < 1.29 is 4.42 Å². The zero-order valence-electron chi connectivity index (χ0n) is 36.0. The second kappa shape index (κ2) is 15.5. The van der Waals surface area contributed by atoms with Crippen molar-refractivity contribution in [3.63, 3.8) is 0 Å². The second-order valence-corrected chi connectivity index (χ2v) is 17.0. The summed E-state index contributed by atoms with van der Waals surface area (Å²) in [6.45, 7) is 0. The largest absolute Gasteiger partial charge is 0.456 e. The molecule has 0 aliphatic carbocycles. The molecule has 5 nitrogen and oxygen atoms in total. The van der Waals surface area contributed by atoms with E-state index in [4.69, 9.17) is 19.4 Å². The van der Waals surface area contributed by atoms with Crippen LogP contribution in [0.3, 0.4) is 0 Å². The van der Waals surface area contributed by atoms with Gasteiger partial charge in [-0.1, -0.05) is 176 Å². The lowest BCUT2D eigenvalue weighted by Crippen LogP contribution is -2.00. The van der Waals surface area contributed by atoms with Crippen molar-refractivity contribution in [3.05, 3.63) is 224 Å². The molecule has 0 radical (unpaired) electrons.